The van der Waals surface area contributed by atoms with Crippen LogP contribution in [0.2, 0.25) is 0 Å². The molecule has 2 aromatic carbocycles. The third kappa shape index (κ3) is 4.05. The quantitative estimate of drug-likeness (QED) is 0.806. The van der Waals surface area contributed by atoms with Crippen molar-refractivity contribution in [3.8, 4) is 0 Å². The Morgan fingerprint density at radius 2 is 1.57 bits per heavy atom. The number of anilines is 1. The molecule has 0 fully saturated rings. The van der Waals surface area contributed by atoms with Gasteiger partial charge in [-0.25, -0.2) is 0 Å². The van der Waals surface area contributed by atoms with Gasteiger partial charge in [0.05, 0.1) is 6.04 Å². The molecule has 0 aromatic heterocycles. The first-order valence-corrected chi connectivity index (χ1v) is 7.58. The van der Waals surface area contributed by atoms with Gasteiger partial charge in [0.1, 0.15) is 0 Å². The van der Waals surface area contributed by atoms with Gasteiger partial charge in [0.25, 0.3) is 0 Å². The van der Waals surface area contributed by atoms with E-state index in [4.69, 9.17) is 12.2 Å². The standard InChI is InChI=1S/C18H22N2S/c1-12-10-13(2)17(14(3)11-12)20-18(21)19-15(4)16-8-6-5-7-9-16/h5-11,15H,1-4H3,(H2,19,20,21). The lowest BCUT2D eigenvalue weighted by molar-refractivity contribution is 0.722. The molecule has 2 aromatic rings. The van der Waals surface area contributed by atoms with Gasteiger partial charge >= 0.3 is 0 Å². The van der Waals surface area contributed by atoms with Gasteiger partial charge in [-0.05, 0) is 56.6 Å². The zero-order valence-corrected chi connectivity index (χ0v) is 13.8. The fourth-order valence-electron chi connectivity index (χ4n) is 2.55. The third-order valence-corrected chi connectivity index (χ3v) is 3.78. The molecule has 0 spiro atoms. The number of benzene rings is 2. The van der Waals surface area contributed by atoms with E-state index in [0.717, 1.165) is 5.69 Å². The molecule has 0 aliphatic rings. The molecule has 2 N–H and O–H groups in total. The summed E-state index contributed by atoms with van der Waals surface area (Å²) >= 11 is 5.44. The molecule has 0 saturated heterocycles. The minimum absolute atomic E-state index is 0.178. The van der Waals surface area contributed by atoms with E-state index in [-0.39, 0.29) is 6.04 Å². The van der Waals surface area contributed by atoms with Crippen LogP contribution >= 0.6 is 12.2 Å². The second-order valence-corrected chi connectivity index (χ2v) is 5.91. The summed E-state index contributed by atoms with van der Waals surface area (Å²) in [4.78, 5) is 0. The number of nitrogens with one attached hydrogen (secondary N) is 2. The Hall–Kier alpha value is -1.87. The van der Waals surface area contributed by atoms with Crippen LogP contribution in [0.1, 0.15) is 35.2 Å². The molecule has 1 atom stereocenters. The highest BCUT2D eigenvalue weighted by Crippen LogP contribution is 2.22. The Balaban J connectivity index is 2.06. The molecule has 21 heavy (non-hydrogen) atoms. The molecule has 110 valence electrons. The van der Waals surface area contributed by atoms with Crippen molar-refractivity contribution in [1.29, 1.82) is 0 Å². The van der Waals surface area contributed by atoms with E-state index in [1.807, 2.05) is 18.2 Å². The maximum Gasteiger partial charge on any atom is 0.171 e. The van der Waals surface area contributed by atoms with Crippen LogP contribution in [-0.2, 0) is 0 Å². The Morgan fingerprint density at radius 3 is 2.14 bits per heavy atom. The van der Waals surface area contributed by atoms with Crippen LogP contribution in [0.25, 0.3) is 0 Å². The van der Waals surface area contributed by atoms with Crippen molar-refractivity contribution in [2.24, 2.45) is 0 Å². The van der Waals surface area contributed by atoms with Crippen molar-refractivity contribution in [2.45, 2.75) is 33.7 Å². The number of hydrogen-bond donors (Lipinski definition) is 2. The van der Waals surface area contributed by atoms with E-state index in [0.29, 0.717) is 5.11 Å². The van der Waals surface area contributed by atoms with Crippen molar-refractivity contribution in [1.82, 2.24) is 5.32 Å². The van der Waals surface area contributed by atoms with Crippen LogP contribution in [0.5, 0.6) is 0 Å². The van der Waals surface area contributed by atoms with Gasteiger partial charge in [-0.1, -0.05) is 48.0 Å². The molecule has 0 saturated carbocycles. The molecule has 0 aliphatic heterocycles. The van der Waals surface area contributed by atoms with Gasteiger partial charge in [-0.3, -0.25) is 0 Å². The maximum atomic E-state index is 5.44. The average molecular weight is 298 g/mol. The van der Waals surface area contributed by atoms with E-state index in [9.17, 15) is 0 Å². The van der Waals surface area contributed by atoms with Crippen molar-refractivity contribution < 1.29 is 0 Å². The van der Waals surface area contributed by atoms with E-state index < -0.39 is 0 Å². The summed E-state index contributed by atoms with van der Waals surface area (Å²) in [5.41, 5.74) is 6.01. The molecule has 3 heteroatoms. The fourth-order valence-corrected chi connectivity index (χ4v) is 2.83. The number of hydrogen-bond acceptors (Lipinski definition) is 1. The van der Waals surface area contributed by atoms with Gasteiger partial charge in [-0.15, -0.1) is 0 Å². The zero-order valence-electron chi connectivity index (χ0n) is 13.0. The third-order valence-electron chi connectivity index (χ3n) is 3.56. The minimum atomic E-state index is 0.178. The van der Waals surface area contributed by atoms with Crippen LogP contribution < -0.4 is 10.6 Å². The summed E-state index contributed by atoms with van der Waals surface area (Å²) in [6.45, 7) is 8.42. The first-order chi connectivity index (χ1) is 9.97. The highest BCUT2D eigenvalue weighted by molar-refractivity contribution is 7.80. The average Bonchev–Trinajstić information content (AvgIpc) is 2.43. The second-order valence-electron chi connectivity index (χ2n) is 5.50. The van der Waals surface area contributed by atoms with Gasteiger partial charge in [0.2, 0.25) is 0 Å². The largest absolute Gasteiger partial charge is 0.356 e. The van der Waals surface area contributed by atoms with Gasteiger partial charge in [-0.2, -0.15) is 0 Å². The SMILES string of the molecule is Cc1cc(C)c(NC(=S)NC(C)c2ccccc2)c(C)c1. The normalized spacial score (nSPS) is 11.8. The van der Waals surface area contributed by atoms with E-state index in [2.05, 4.69) is 62.6 Å². The predicted molar refractivity (Wildman–Crippen MR) is 94.9 cm³/mol. The lowest BCUT2D eigenvalue weighted by Crippen LogP contribution is -2.31. The summed E-state index contributed by atoms with van der Waals surface area (Å²) < 4.78 is 0. The first-order valence-electron chi connectivity index (χ1n) is 7.17. The van der Waals surface area contributed by atoms with Gasteiger partial charge < -0.3 is 10.6 Å². The molecule has 0 bridgehead atoms. The molecule has 2 rings (SSSR count). The van der Waals surface area contributed by atoms with E-state index >= 15 is 0 Å². The number of aryl methyl sites for hydroxylation is 3. The van der Waals surface area contributed by atoms with Gasteiger partial charge in [0.15, 0.2) is 5.11 Å². The molecular weight excluding hydrogens is 276 g/mol. The first kappa shape index (κ1) is 15.5. The Bertz CT molecular complexity index is 612. The van der Waals surface area contributed by atoms with Crippen molar-refractivity contribution in [2.75, 3.05) is 5.32 Å². The molecular formula is C18H22N2S. The molecule has 0 aliphatic carbocycles. The van der Waals surface area contributed by atoms with Crippen molar-refractivity contribution in [3.05, 3.63) is 64.7 Å². The van der Waals surface area contributed by atoms with E-state index in [1.54, 1.807) is 0 Å². The fraction of sp³-hybridized carbons (Fsp3) is 0.278. The smallest absolute Gasteiger partial charge is 0.171 e. The lowest BCUT2D eigenvalue weighted by Gasteiger charge is -2.19. The topological polar surface area (TPSA) is 24.1 Å². The molecule has 0 amide bonds. The highest BCUT2D eigenvalue weighted by Gasteiger charge is 2.09. The van der Waals surface area contributed by atoms with Crippen molar-refractivity contribution in [3.63, 3.8) is 0 Å². The molecule has 2 nitrogen and oxygen atoms in total. The maximum absolute atomic E-state index is 5.44. The summed E-state index contributed by atoms with van der Waals surface area (Å²) in [6.07, 6.45) is 0. The highest BCUT2D eigenvalue weighted by atomic mass is 32.1. The van der Waals surface area contributed by atoms with Crippen LogP contribution in [0, 0.1) is 20.8 Å². The van der Waals surface area contributed by atoms with Crippen LogP contribution in [0.4, 0.5) is 5.69 Å². The van der Waals surface area contributed by atoms with Crippen LogP contribution in [-0.4, -0.2) is 5.11 Å². The molecule has 0 radical (unpaired) electrons. The minimum Gasteiger partial charge on any atom is -0.356 e. The lowest BCUT2D eigenvalue weighted by atomic mass is 10.1. The summed E-state index contributed by atoms with van der Waals surface area (Å²) in [5, 5.41) is 7.31. The Morgan fingerprint density at radius 1 is 1.00 bits per heavy atom. The summed E-state index contributed by atoms with van der Waals surface area (Å²) in [6, 6.07) is 14.8. The van der Waals surface area contributed by atoms with Crippen LogP contribution in [0.3, 0.4) is 0 Å². The number of rotatable bonds is 3. The Kier molecular flexibility index (Phi) is 4.97. The number of thiocarbonyl (C=S) groups is 1. The summed E-state index contributed by atoms with van der Waals surface area (Å²) in [7, 11) is 0. The molecule has 0 heterocycles. The molecule has 1 unspecified atom stereocenters. The monoisotopic (exact) mass is 298 g/mol. The second kappa shape index (κ2) is 6.72. The summed E-state index contributed by atoms with van der Waals surface area (Å²) in [5.74, 6) is 0. The van der Waals surface area contributed by atoms with Gasteiger partial charge in [0, 0.05) is 5.69 Å². The van der Waals surface area contributed by atoms with Crippen molar-refractivity contribution >= 4 is 23.0 Å². The van der Waals surface area contributed by atoms with Crippen LogP contribution in [0.15, 0.2) is 42.5 Å². The zero-order chi connectivity index (χ0) is 15.4. The Labute approximate surface area is 132 Å². The predicted octanol–water partition coefficient (Wildman–Crippen LogP) is 4.66. The van der Waals surface area contributed by atoms with E-state index in [1.165, 1.54) is 22.3 Å².